The highest BCUT2D eigenvalue weighted by atomic mass is 35.5. The number of nitrogens with zero attached hydrogens (tertiary/aromatic N) is 5. The number of carbonyl (C=O) groups is 1. The van der Waals surface area contributed by atoms with Crippen molar-refractivity contribution in [2.24, 2.45) is 7.05 Å². The molecule has 3 rings (SSSR count). The summed E-state index contributed by atoms with van der Waals surface area (Å²) in [5, 5.41) is 17.2. The monoisotopic (exact) mass is 488 g/mol. The number of aromatic nitrogens is 4. The molecule has 0 fully saturated rings. The summed E-state index contributed by atoms with van der Waals surface area (Å²) in [6, 6.07) is 11.8. The highest BCUT2D eigenvalue weighted by Crippen LogP contribution is 2.27. The SMILES string of the molecule is Cc1nc(-c2nnn(C)c2CC(=O)O[C@H](C)c2ccccc2Cl)ccc1NS(=O)(=O)CC#N. The normalized spacial score (nSPS) is 12.1. The van der Waals surface area contributed by atoms with Gasteiger partial charge in [-0.3, -0.25) is 14.2 Å². The number of halogens is 1. The molecule has 0 saturated heterocycles. The van der Waals surface area contributed by atoms with Crippen molar-refractivity contribution in [3.63, 3.8) is 0 Å². The maximum Gasteiger partial charge on any atom is 0.312 e. The summed E-state index contributed by atoms with van der Waals surface area (Å²) >= 11 is 6.18. The summed E-state index contributed by atoms with van der Waals surface area (Å²) in [4.78, 5) is 17.0. The van der Waals surface area contributed by atoms with Gasteiger partial charge in [0, 0.05) is 17.6 Å². The number of aryl methyl sites for hydroxylation is 2. The molecule has 12 heteroatoms. The fraction of sp³-hybridized carbons (Fsp3) is 0.286. The Balaban J connectivity index is 1.80. The number of benzene rings is 1. The molecule has 2 aromatic heterocycles. The highest BCUT2D eigenvalue weighted by molar-refractivity contribution is 7.92. The van der Waals surface area contributed by atoms with Crippen LogP contribution in [-0.2, 0) is 33.0 Å². The van der Waals surface area contributed by atoms with E-state index in [2.05, 4.69) is 20.0 Å². The van der Waals surface area contributed by atoms with Crippen LogP contribution in [0.15, 0.2) is 36.4 Å². The average Bonchev–Trinajstić information content (AvgIpc) is 3.09. The number of hydrogen-bond acceptors (Lipinski definition) is 8. The van der Waals surface area contributed by atoms with Crippen LogP contribution in [0.2, 0.25) is 5.02 Å². The number of sulfonamides is 1. The molecule has 0 bridgehead atoms. The Bertz CT molecular complexity index is 1330. The number of anilines is 1. The van der Waals surface area contributed by atoms with E-state index in [4.69, 9.17) is 21.6 Å². The van der Waals surface area contributed by atoms with E-state index < -0.39 is 27.8 Å². The zero-order chi connectivity index (χ0) is 24.2. The Hall–Kier alpha value is -3.49. The zero-order valence-electron chi connectivity index (χ0n) is 18.1. The summed E-state index contributed by atoms with van der Waals surface area (Å²) in [5.41, 5.74) is 2.58. The van der Waals surface area contributed by atoms with Crippen molar-refractivity contribution in [1.29, 1.82) is 5.26 Å². The first kappa shape index (κ1) is 24.2. The van der Waals surface area contributed by atoms with Gasteiger partial charge in [-0.25, -0.2) is 13.4 Å². The molecule has 10 nitrogen and oxygen atoms in total. The van der Waals surface area contributed by atoms with E-state index in [9.17, 15) is 13.2 Å². The molecule has 0 radical (unpaired) electrons. The van der Waals surface area contributed by atoms with Crippen molar-refractivity contribution in [2.45, 2.75) is 26.4 Å². The van der Waals surface area contributed by atoms with Crippen LogP contribution in [0.25, 0.3) is 11.4 Å². The lowest BCUT2D eigenvalue weighted by Crippen LogP contribution is -2.16. The Morgan fingerprint density at radius 3 is 2.70 bits per heavy atom. The van der Waals surface area contributed by atoms with E-state index >= 15 is 0 Å². The number of carbonyl (C=O) groups excluding carboxylic acids is 1. The topological polar surface area (TPSA) is 140 Å². The van der Waals surface area contributed by atoms with Gasteiger partial charge < -0.3 is 4.74 Å². The molecule has 0 aliphatic rings. The molecular weight excluding hydrogens is 468 g/mol. The van der Waals surface area contributed by atoms with Crippen LogP contribution in [0.4, 0.5) is 5.69 Å². The Labute approximate surface area is 196 Å². The van der Waals surface area contributed by atoms with Gasteiger partial charge >= 0.3 is 5.97 Å². The first-order valence-corrected chi connectivity index (χ1v) is 11.8. The van der Waals surface area contributed by atoms with Gasteiger partial charge in [0.15, 0.2) is 5.75 Å². The number of rotatable bonds is 8. The molecule has 172 valence electrons. The molecule has 33 heavy (non-hydrogen) atoms. The molecule has 0 saturated carbocycles. The summed E-state index contributed by atoms with van der Waals surface area (Å²) in [5.74, 6) is -1.16. The second-order valence-electron chi connectivity index (χ2n) is 7.19. The molecular formula is C21H21ClN6O4S. The number of esters is 1. The van der Waals surface area contributed by atoms with E-state index in [1.807, 2.05) is 6.07 Å². The Morgan fingerprint density at radius 2 is 2.03 bits per heavy atom. The van der Waals surface area contributed by atoms with Crippen LogP contribution in [0.5, 0.6) is 0 Å². The maximum atomic E-state index is 12.6. The van der Waals surface area contributed by atoms with Crippen molar-refractivity contribution in [2.75, 3.05) is 10.5 Å². The van der Waals surface area contributed by atoms with Gasteiger partial charge in [0.1, 0.15) is 11.8 Å². The van der Waals surface area contributed by atoms with Crippen molar-refractivity contribution in [3.8, 4) is 17.5 Å². The van der Waals surface area contributed by atoms with Crippen LogP contribution in [-0.4, -0.2) is 40.1 Å². The van der Waals surface area contributed by atoms with Gasteiger partial charge in [0.2, 0.25) is 10.0 Å². The van der Waals surface area contributed by atoms with E-state index in [0.717, 1.165) is 0 Å². The average molecular weight is 489 g/mol. The zero-order valence-corrected chi connectivity index (χ0v) is 19.7. The standard InChI is InChI=1S/C21H21ClN6O4S/c1-13-17(26-33(30,31)11-10-23)8-9-18(24-13)21-19(28(3)27-25-21)12-20(29)32-14(2)15-6-4-5-7-16(15)22/h4-9,14,26H,11-12H2,1-3H3/t14-/m1/s1. The van der Waals surface area contributed by atoms with Crippen LogP contribution in [0.3, 0.4) is 0 Å². The molecule has 0 unspecified atom stereocenters. The van der Waals surface area contributed by atoms with Gasteiger partial charge in [-0.15, -0.1) is 5.10 Å². The quantitative estimate of drug-likeness (QED) is 0.477. The minimum absolute atomic E-state index is 0.106. The Kier molecular flexibility index (Phi) is 7.30. The number of pyridine rings is 1. The van der Waals surface area contributed by atoms with E-state index in [1.54, 1.807) is 51.2 Å². The predicted molar refractivity (Wildman–Crippen MR) is 122 cm³/mol. The molecule has 0 amide bonds. The lowest BCUT2D eigenvalue weighted by atomic mass is 10.1. The first-order valence-electron chi connectivity index (χ1n) is 9.79. The van der Waals surface area contributed by atoms with E-state index in [-0.39, 0.29) is 12.1 Å². The van der Waals surface area contributed by atoms with E-state index in [1.165, 1.54) is 10.7 Å². The smallest absolute Gasteiger partial charge is 0.312 e. The number of hydrogen-bond donors (Lipinski definition) is 1. The summed E-state index contributed by atoms with van der Waals surface area (Å²) in [6.45, 7) is 3.35. The van der Waals surface area contributed by atoms with Gasteiger partial charge in [0.25, 0.3) is 0 Å². The summed E-state index contributed by atoms with van der Waals surface area (Å²) in [6.07, 6.45) is -0.651. The maximum absolute atomic E-state index is 12.6. The third kappa shape index (κ3) is 5.85. The molecule has 0 aliphatic carbocycles. The van der Waals surface area contributed by atoms with Gasteiger partial charge in [-0.05, 0) is 32.0 Å². The Morgan fingerprint density at radius 1 is 1.30 bits per heavy atom. The summed E-state index contributed by atoms with van der Waals surface area (Å²) in [7, 11) is -2.15. The third-order valence-electron chi connectivity index (χ3n) is 4.75. The largest absolute Gasteiger partial charge is 0.457 e. The third-order valence-corrected chi connectivity index (χ3v) is 6.14. The minimum atomic E-state index is -3.80. The van der Waals surface area contributed by atoms with Crippen molar-refractivity contribution in [3.05, 3.63) is 58.4 Å². The van der Waals surface area contributed by atoms with Crippen LogP contribution >= 0.6 is 11.6 Å². The molecule has 0 spiro atoms. The second kappa shape index (κ2) is 9.97. The van der Waals surface area contributed by atoms with Crippen LogP contribution < -0.4 is 4.72 Å². The molecule has 0 aliphatic heterocycles. The molecule has 1 atom stereocenters. The van der Waals surface area contributed by atoms with Gasteiger partial charge in [-0.2, -0.15) is 5.26 Å². The fourth-order valence-electron chi connectivity index (χ4n) is 3.11. The minimum Gasteiger partial charge on any atom is -0.457 e. The molecule has 2 heterocycles. The lowest BCUT2D eigenvalue weighted by Gasteiger charge is -2.15. The van der Waals surface area contributed by atoms with E-state index in [0.29, 0.717) is 33.4 Å². The fourth-order valence-corrected chi connectivity index (χ4v) is 4.19. The molecule has 3 aromatic rings. The number of ether oxygens (including phenoxy) is 1. The number of nitriles is 1. The highest BCUT2D eigenvalue weighted by Gasteiger charge is 2.21. The lowest BCUT2D eigenvalue weighted by molar-refractivity contribution is -0.147. The number of nitrogens with one attached hydrogen (secondary N) is 1. The first-order chi connectivity index (χ1) is 15.6. The van der Waals surface area contributed by atoms with Crippen molar-refractivity contribution >= 4 is 33.3 Å². The van der Waals surface area contributed by atoms with Crippen molar-refractivity contribution < 1.29 is 17.9 Å². The van der Waals surface area contributed by atoms with Crippen molar-refractivity contribution in [1.82, 2.24) is 20.0 Å². The molecule has 1 aromatic carbocycles. The second-order valence-corrected chi connectivity index (χ2v) is 9.32. The van der Waals surface area contributed by atoms with Gasteiger partial charge in [0.05, 0.1) is 35.3 Å². The molecule has 1 N–H and O–H groups in total. The van der Waals surface area contributed by atoms with Gasteiger partial charge in [-0.1, -0.05) is 35.0 Å². The summed E-state index contributed by atoms with van der Waals surface area (Å²) < 4.78 is 33.0. The van der Waals surface area contributed by atoms with Crippen LogP contribution in [0.1, 0.15) is 30.0 Å². The van der Waals surface area contributed by atoms with Crippen LogP contribution in [0, 0.1) is 18.3 Å². The predicted octanol–water partition coefficient (Wildman–Crippen LogP) is 2.95.